The molecule has 0 spiro atoms. The van der Waals surface area contributed by atoms with Crippen molar-refractivity contribution in [1.82, 2.24) is 5.32 Å². The lowest BCUT2D eigenvalue weighted by atomic mass is 10.1. The molecule has 0 radical (unpaired) electrons. The molecule has 1 rings (SSSR count). The Bertz CT molecular complexity index is 465. The zero-order valence-corrected chi connectivity index (χ0v) is 17.3. The third kappa shape index (κ3) is 13.3. The van der Waals surface area contributed by atoms with Gasteiger partial charge >= 0.3 is 0 Å². The molecule has 27 heavy (non-hydrogen) atoms. The number of carbonyl (C=O) groups excluding carboxylic acids is 1. The summed E-state index contributed by atoms with van der Waals surface area (Å²) in [5.41, 5.74) is 0.671. The molecule has 0 unspecified atom stereocenters. The van der Waals surface area contributed by atoms with Gasteiger partial charge in [0, 0.05) is 25.2 Å². The van der Waals surface area contributed by atoms with Crippen molar-refractivity contribution in [2.45, 2.75) is 90.4 Å². The molecule has 0 bridgehead atoms. The maximum atomic E-state index is 11.9. The summed E-state index contributed by atoms with van der Waals surface area (Å²) in [6.45, 7) is 3.23. The van der Waals surface area contributed by atoms with Crippen molar-refractivity contribution in [2.75, 3.05) is 18.2 Å². The van der Waals surface area contributed by atoms with E-state index in [4.69, 9.17) is 0 Å². The third-order valence-corrected chi connectivity index (χ3v) is 4.91. The number of nitrogens with one attached hydrogen (secondary N) is 1. The number of carbonyl (C=O) groups is 1. The standard InChI is InChI=1S/C23H39N2O2/c1-2-3-4-5-6-7-8-9-10-11-15-19-23(26)24-20-16-21-25(27)22-17-13-12-14-18-22/h12-14,17-18H,2-11,15-16,19-21H2,1H3,(H,24,26)/q-1. The van der Waals surface area contributed by atoms with Gasteiger partial charge in [0.15, 0.2) is 0 Å². The van der Waals surface area contributed by atoms with Gasteiger partial charge in [-0.05, 0) is 25.0 Å². The zero-order chi connectivity index (χ0) is 19.6. The van der Waals surface area contributed by atoms with E-state index in [-0.39, 0.29) is 5.91 Å². The smallest absolute Gasteiger partial charge is 0.219 e. The first-order chi connectivity index (χ1) is 13.2. The van der Waals surface area contributed by atoms with E-state index in [1.807, 2.05) is 18.2 Å². The molecule has 1 aromatic carbocycles. The Morgan fingerprint density at radius 3 is 2.00 bits per heavy atom. The van der Waals surface area contributed by atoms with Crippen molar-refractivity contribution in [3.8, 4) is 0 Å². The monoisotopic (exact) mass is 375 g/mol. The van der Waals surface area contributed by atoms with Crippen LogP contribution in [0.15, 0.2) is 30.3 Å². The van der Waals surface area contributed by atoms with Gasteiger partial charge in [-0.3, -0.25) is 4.79 Å². The molecule has 1 aromatic rings. The molecule has 0 fully saturated rings. The molecule has 0 heterocycles. The number of anilines is 1. The van der Waals surface area contributed by atoms with Crippen LogP contribution in [0.5, 0.6) is 0 Å². The number of hydrogen-bond donors (Lipinski definition) is 1. The van der Waals surface area contributed by atoms with Crippen LogP contribution in [0.4, 0.5) is 5.69 Å². The summed E-state index contributed by atoms with van der Waals surface area (Å²) < 4.78 is 0. The van der Waals surface area contributed by atoms with Gasteiger partial charge in [0.25, 0.3) is 0 Å². The van der Waals surface area contributed by atoms with Gasteiger partial charge in [-0.25, -0.2) is 0 Å². The largest absolute Gasteiger partial charge is 0.758 e. The number of rotatable bonds is 17. The van der Waals surface area contributed by atoms with E-state index in [9.17, 15) is 10.0 Å². The molecule has 4 nitrogen and oxygen atoms in total. The summed E-state index contributed by atoms with van der Waals surface area (Å²) in [6, 6.07) is 9.22. The lowest BCUT2D eigenvalue weighted by molar-refractivity contribution is -0.121. The minimum atomic E-state index is 0.114. The van der Waals surface area contributed by atoms with Crippen molar-refractivity contribution in [2.24, 2.45) is 0 Å². The van der Waals surface area contributed by atoms with Crippen molar-refractivity contribution < 1.29 is 4.79 Å². The molecule has 0 saturated heterocycles. The van der Waals surface area contributed by atoms with E-state index in [1.54, 1.807) is 12.1 Å². The molecular weight excluding hydrogens is 336 g/mol. The van der Waals surface area contributed by atoms with Crippen LogP contribution in [0.2, 0.25) is 0 Å². The molecule has 1 amide bonds. The molecule has 4 heteroatoms. The second-order valence-corrected chi connectivity index (χ2v) is 7.43. The van der Waals surface area contributed by atoms with Gasteiger partial charge in [0.05, 0.1) is 0 Å². The van der Waals surface area contributed by atoms with E-state index in [0.29, 0.717) is 31.6 Å². The molecule has 1 N–H and O–H groups in total. The quantitative estimate of drug-likeness (QED) is 0.260. The summed E-state index contributed by atoms with van der Waals surface area (Å²) >= 11 is 0. The van der Waals surface area contributed by atoms with E-state index in [2.05, 4.69) is 12.2 Å². The summed E-state index contributed by atoms with van der Waals surface area (Å²) in [7, 11) is 0. The SMILES string of the molecule is CCCCCCCCCCCCCC(=O)NCCCN([O-])c1ccccc1. The van der Waals surface area contributed by atoms with Crippen LogP contribution in [-0.2, 0) is 4.79 Å². The Labute approximate surface area is 166 Å². The second-order valence-electron chi connectivity index (χ2n) is 7.43. The first-order valence-electron chi connectivity index (χ1n) is 11.0. The van der Waals surface area contributed by atoms with Gasteiger partial charge in [-0.2, -0.15) is 0 Å². The summed E-state index contributed by atoms with van der Waals surface area (Å²) in [4.78, 5) is 11.8. The fraction of sp³-hybridized carbons (Fsp3) is 0.696. The van der Waals surface area contributed by atoms with Crippen LogP contribution in [0, 0.1) is 5.21 Å². The summed E-state index contributed by atoms with van der Waals surface area (Å²) in [6.07, 6.45) is 15.5. The fourth-order valence-electron chi connectivity index (χ4n) is 3.21. The topological polar surface area (TPSA) is 55.4 Å². The lowest BCUT2D eigenvalue weighted by Crippen LogP contribution is -2.27. The number of unbranched alkanes of at least 4 members (excludes halogenated alkanes) is 10. The number of benzene rings is 1. The van der Waals surface area contributed by atoms with Crippen LogP contribution in [-0.4, -0.2) is 19.0 Å². The normalized spacial score (nSPS) is 10.7. The van der Waals surface area contributed by atoms with Gasteiger partial charge < -0.3 is 15.6 Å². The molecule has 0 atom stereocenters. The molecule has 0 saturated carbocycles. The van der Waals surface area contributed by atoms with E-state index < -0.39 is 0 Å². The molecule has 0 aliphatic carbocycles. The Hall–Kier alpha value is -1.55. The average molecular weight is 376 g/mol. The predicted octanol–water partition coefficient (Wildman–Crippen LogP) is 6.20. The minimum absolute atomic E-state index is 0.114. The van der Waals surface area contributed by atoms with Crippen LogP contribution in [0.25, 0.3) is 0 Å². The zero-order valence-electron chi connectivity index (χ0n) is 17.3. The van der Waals surface area contributed by atoms with E-state index in [1.165, 1.54) is 57.8 Å². The van der Waals surface area contributed by atoms with Crippen molar-refractivity contribution in [1.29, 1.82) is 0 Å². The van der Waals surface area contributed by atoms with E-state index >= 15 is 0 Å². The van der Waals surface area contributed by atoms with E-state index in [0.717, 1.165) is 17.9 Å². The van der Waals surface area contributed by atoms with Crippen molar-refractivity contribution >= 4 is 11.6 Å². The van der Waals surface area contributed by atoms with Crippen molar-refractivity contribution in [3.63, 3.8) is 0 Å². The Morgan fingerprint density at radius 2 is 1.41 bits per heavy atom. The molecule has 0 aliphatic heterocycles. The van der Waals surface area contributed by atoms with Gasteiger partial charge in [0.1, 0.15) is 0 Å². The number of nitrogens with zero attached hydrogens (tertiary/aromatic N) is 1. The number of hydrogen-bond acceptors (Lipinski definition) is 3. The molecule has 0 aliphatic rings. The first-order valence-corrected chi connectivity index (χ1v) is 11.0. The minimum Gasteiger partial charge on any atom is -0.758 e. The highest BCUT2D eigenvalue weighted by Crippen LogP contribution is 2.12. The average Bonchev–Trinajstić information content (AvgIpc) is 2.70. The molecule has 0 aromatic heterocycles. The number of para-hydroxylation sites is 1. The highest BCUT2D eigenvalue weighted by Gasteiger charge is 2.01. The van der Waals surface area contributed by atoms with Gasteiger partial charge in [-0.1, -0.05) is 89.3 Å². The predicted molar refractivity (Wildman–Crippen MR) is 116 cm³/mol. The van der Waals surface area contributed by atoms with Gasteiger partial charge in [0.2, 0.25) is 5.91 Å². The Balaban J connectivity index is 1.86. The van der Waals surface area contributed by atoms with Crippen LogP contribution in [0.1, 0.15) is 90.4 Å². The first kappa shape index (κ1) is 23.5. The highest BCUT2D eigenvalue weighted by atomic mass is 16.5. The fourth-order valence-corrected chi connectivity index (χ4v) is 3.21. The third-order valence-electron chi connectivity index (χ3n) is 4.91. The lowest BCUT2D eigenvalue weighted by Gasteiger charge is -2.30. The maximum Gasteiger partial charge on any atom is 0.219 e. The van der Waals surface area contributed by atoms with Crippen LogP contribution in [0.3, 0.4) is 0 Å². The van der Waals surface area contributed by atoms with Gasteiger partial charge in [-0.15, -0.1) is 0 Å². The van der Waals surface area contributed by atoms with Crippen molar-refractivity contribution in [3.05, 3.63) is 35.5 Å². The number of hydroxylamine groups is 1. The Morgan fingerprint density at radius 1 is 0.852 bits per heavy atom. The maximum absolute atomic E-state index is 11.9. The molecular formula is C23H39N2O2-. The Kier molecular flexibility index (Phi) is 14.5. The van der Waals surface area contributed by atoms with Crippen LogP contribution < -0.4 is 10.4 Å². The summed E-state index contributed by atoms with van der Waals surface area (Å²) in [5.74, 6) is 0.114. The van der Waals surface area contributed by atoms with Crippen LogP contribution >= 0.6 is 0 Å². The highest BCUT2D eigenvalue weighted by molar-refractivity contribution is 5.75. The summed E-state index contributed by atoms with van der Waals surface area (Å²) in [5, 5.41) is 15.8. The second kappa shape index (κ2) is 16.6. The number of amides is 1. The molecule has 154 valence electrons.